The number of piperidine rings is 1. The number of hydrogen-bond donors (Lipinski definition) is 1. The number of carbonyl (C=O) groups is 2. The van der Waals surface area contributed by atoms with Crippen LogP contribution in [0.1, 0.15) is 83.1 Å². The van der Waals surface area contributed by atoms with Gasteiger partial charge in [0.2, 0.25) is 0 Å². The molecule has 0 bridgehead atoms. The van der Waals surface area contributed by atoms with Gasteiger partial charge in [0.1, 0.15) is 17.1 Å². The predicted molar refractivity (Wildman–Crippen MR) is 137 cm³/mol. The molecule has 1 saturated heterocycles. The molecule has 1 aliphatic heterocycles. The third-order valence-corrected chi connectivity index (χ3v) is 6.78. The number of fused-ring (bicyclic) bond motifs is 1. The van der Waals surface area contributed by atoms with Crippen molar-refractivity contribution in [1.82, 2.24) is 4.90 Å². The Labute approximate surface area is 206 Å². The molecule has 4 rings (SSSR count). The molecule has 2 heterocycles. The molecule has 1 N–H and O–H groups in total. The van der Waals surface area contributed by atoms with E-state index in [1.165, 1.54) is 32.4 Å². The van der Waals surface area contributed by atoms with Crippen LogP contribution in [0.15, 0.2) is 40.8 Å². The van der Waals surface area contributed by atoms with Gasteiger partial charge >= 0.3 is 5.97 Å². The van der Waals surface area contributed by atoms with E-state index in [4.69, 9.17) is 9.15 Å². The SMILES string of the molecule is CCCCc1oc2cc(C)c(C(=O)O)cc2c1C(=O)c1ccc(OCCCN2CCCCC2)cc1. The summed E-state index contributed by atoms with van der Waals surface area (Å²) in [7, 11) is 0. The van der Waals surface area contributed by atoms with Gasteiger partial charge in [-0.2, -0.15) is 0 Å². The fourth-order valence-electron chi connectivity index (χ4n) is 4.80. The summed E-state index contributed by atoms with van der Waals surface area (Å²) in [6.45, 7) is 7.91. The maximum Gasteiger partial charge on any atom is 0.335 e. The van der Waals surface area contributed by atoms with Crippen molar-refractivity contribution in [2.45, 2.75) is 58.8 Å². The fourth-order valence-corrected chi connectivity index (χ4v) is 4.80. The Morgan fingerprint density at radius 3 is 2.49 bits per heavy atom. The number of unbranched alkanes of at least 4 members (excludes halogenated alkanes) is 1. The van der Waals surface area contributed by atoms with Crippen molar-refractivity contribution >= 4 is 22.7 Å². The van der Waals surface area contributed by atoms with Gasteiger partial charge in [-0.15, -0.1) is 0 Å². The average molecular weight is 478 g/mol. The number of aromatic carboxylic acids is 1. The quantitative estimate of drug-likeness (QED) is 0.259. The number of carboxylic acid groups (broad SMARTS) is 1. The van der Waals surface area contributed by atoms with Crippen molar-refractivity contribution in [3.63, 3.8) is 0 Å². The highest BCUT2D eigenvalue weighted by molar-refractivity contribution is 6.17. The fraction of sp³-hybridized carbons (Fsp3) is 0.448. The normalized spacial score (nSPS) is 14.3. The summed E-state index contributed by atoms with van der Waals surface area (Å²) >= 11 is 0. The minimum Gasteiger partial charge on any atom is -0.494 e. The summed E-state index contributed by atoms with van der Waals surface area (Å²) in [6, 6.07) is 10.5. The zero-order chi connectivity index (χ0) is 24.8. The van der Waals surface area contributed by atoms with E-state index in [0.717, 1.165) is 31.6 Å². The van der Waals surface area contributed by atoms with Crippen LogP contribution >= 0.6 is 0 Å². The van der Waals surface area contributed by atoms with Gasteiger partial charge in [0.05, 0.1) is 17.7 Å². The summed E-state index contributed by atoms with van der Waals surface area (Å²) in [4.78, 5) is 27.8. The minimum absolute atomic E-state index is 0.160. The molecule has 1 aromatic heterocycles. The van der Waals surface area contributed by atoms with Crippen LogP contribution in [-0.2, 0) is 6.42 Å². The molecule has 1 fully saturated rings. The highest BCUT2D eigenvalue weighted by Gasteiger charge is 2.24. The molecule has 186 valence electrons. The summed E-state index contributed by atoms with van der Waals surface area (Å²) in [5, 5.41) is 10.1. The lowest BCUT2D eigenvalue weighted by Gasteiger charge is -2.26. The number of rotatable bonds is 11. The summed E-state index contributed by atoms with van der Waals surface area (Å²) in [6.07, 6.45) is 7.38. The van der Waals surface area contributed by atoms with Gasteiger partial charge in [0.25, 0.3) is 0 Å². The number of likely N-dealkylation sites (tertiary alicyclic amines) is 1. The number of ether oxygens (including phenoxy) is 1. The topological polar surface area (TPSA) is 80.0 Å². The van der Waals surface area contributed by atoms with Crippen LogP contribution in [-0.4, -0.2) is 48.0 Å². The van der Waals surface area contributed by atoms with Crippen LogP contribution in [0, 0.1) is 6.92 Å². The lowest BCUT2D eigenvalue weighted by Crippen LogP contribution is -2.31. The Hall–Kier alpha value is -3.12. The first kappa shape index (κ1) is 25.0. The molecule has 0 radical (unpaired) electrons. The van der Waals surface area contributed by atoms with Crippen LogP contribution in [0.5, 0.6) is 5.75 Å². The monoisotopic (exact) mass is 477 g/mol. The van der Waals surface area contributed by atoms with Gasteiger partial charge in [-0.05, 0) is 87.7 Å². The van der Waals surface area contributed by atoms with Gasteiger partial charge in [-0.25, -0.2) is 4.79 Å². The Kier molecular flexibility index (Phi) is 8.24. The van der Waals surface area contributed by atoms with Crippen LogP contribution < -0.4 is 4.74 Å². The Morgan fingerprint density at radius 1 is 1.06 bits per heavy atom. The Morgan fingerprint density at radius 2 is 1.80 bits per heavy atom. The van der Waals surface area contributed by atoms with Gasteiger partial charge in [-0.1, -0.05) is 19.8 Å². The van der Waals surface area contributed by atoms with E-state index in [1.54, 1.807) is 31.2 Å². The van der Waals surface area contributed by atoms with E-state index in [0.29, 0.717) is 46.4 Å². The summed E-state index contributed by atoms with van der Waals surface area (Å²) in [5.74, 6) is 0.187. The van der Waals surface area contributed by atoms with Crippen LogP contribution in [0.25, 0.3) is 11.0 Å². The highest BCUT2D eigenvalue weighted by atomic mass is 16.5. The third-order valence-electron chi connectivity index (χ3n) is 6.78. The first-order chi connectivity index (χ1) is 17.0. The first-order valence-corrected chi connectivity index (χ1v) is 12.8. The van der Waals surface area contributed by atoms with Crippen molar-refractivity contribution in [1.29, 1.82) is 0 Å². The molecule has 0 atom stereocenters. The second-order valence-corrected chi connectivity index (χ2v) is 9.43. The molecular formula is C29H35NO5. The number of carbonyl (C=O) groups excluding carboxylic acids is 1. The van der Waals surface area contributed by atoms with E-state index in [1.807, 2.05) is 12.1 Å². The highest BCUT2D eigenvalue weighted by Crippen LogP contribution is 2.32. The molecule has 0 unspecified atom stereocenters. The molecule has 35 heavy (non-hydrogen) atoms. The standard InChI is InChI=1S/C29H35NO5/c1-3-4-9-25-27(24-19-23(29(32)33)20(2)18-26(24)35-25)28(31)21-10-12-22(13-11-21)34-17-8-16-30-14-6-5-7-15-30/h10-13,18-19H,3-9,14-17H2,1-2H3,(H,32,33). The zero-order valence-corrected chi connectivity index (χ0v) is 20.8. The number of hydrogen-bond acceptors (Lipinski definition) is 5. The van der Waals surface area contributed by atoms with Crippen LogP contribution in [0.3, 0.4) is 0 Å². The lowest BCUT2D eigenvalue weighted by atomic mass is 9.96. The third kappa shape index (κ3) is 5.93. The molecule has 0 aliphatic carbocycles. The molecule has 6 heteroatoms. The number of nitrogens with zero attached hydrogens (tertiary/aromatic N) is 1. The maximum atomic E-state index is 13.6. The van der Waals surface area contributed by atoms with Gasteiger partial charge in [-0.3, -0.25) is 4.79 Å². The van der Waals surface area contributed by atoms with E-state index < -0.39 is 5.97 Å². The van der Waals surface area contributed by atoms with Crippen LogP contribution in [0.2, 0.25) is 0 Å². The lowest BCUT2D eigenvalue weighted by molar-refractivity contribution is 0.0696. The first-order valence-electron chi connectivity index (χ1n) is 12.8. The van der Waals surface area contributed by atoms with Gasteiger partial charge in [0, 0.05) is 23.9 Å². The molecule has 3 aromatic rings. The zero-order valence-electron chi connectivity index (χ0n) is 20.8. The van der Waals surface area contributed by atoms with E-state index in [9.17, 15) is 14.7 Å². The van der Waals surface area contributed by atoms with Crippen LogP contribution in [0.4, 0.5) is 0 Å². The smallest absolute Gasteiger partial charge is 0.335 e. The second-order valence-electron chi connectivity index (χ2n) is 9.43. The average Bonchev–Trinajstić information content (AvgIpc) is 3.22. The maximum absolute atomic E-state index is 13.6. The van der Waals surface area contributed by atoms with Crippen molar-refractivity contribution in [2.75, 3.05) is 26.2 Å². The number of furan rings is 1. The Bertz CT molecular complexity index is 1170. The summed E-state index contributed by atoms with van der Waals surface area (Å²) in [5.41, 5.74) is 2.34. The van der Waals surface area contributed by atoms with Crippen molar-refractivity contribution in [3.05, 3.63) is 64.4 Å². The largest absolute Gasteiger partial charge is 0.494 e. The number of aryl methyl sites for hydroxylation is 2. The van der Waals surface area contributed by atoms with Gasteiger partial charge in [0.15, 0.2) is 5.78 Å². The predicted octanol–water partition coefficient (Wildman–Crippen LogP) is 6.27. The van der Waals surface area contributed by atoms with E-state index in [-0.39, 0.29) is 11.3 Å². The minimum atomic E-state index is -1.01. The molecular weight excluding hydrogens is 442 g/mol. The van der Waals surface area contributed by atoms with Gasteiger partial charge < -0.3 is 19.2 Å². The van der Waals surface area contributed by atoms with Crippen molar-refractivity contribution in [2.24, 2.45) is 0 Å². The molecule has 0 amide bonds. The molecule has 6 nitrogen and oxygen atoms in total. The second kappa shape index (κ2) is 11.5. The van der Waals surface area contributed by atoms with E-state index >= 15 is 0 Å². The molecule has 0 saturated carbocycles. The van der Waals surface area contributed by atoms with Crippen molar-refractivity contribution in [3.8, 4) is 5.75 Å². The number of carboxylic acids is 1. The molecule has 0 spiro atoms. The number of benzene rings is 2. The summed E-state index contributed by atoms with van der Waals surface area (Å²) < 4.78 is 12.0. The van der Waals surface area contributed by atoms with Crippen molar-refractivity contribution < 1.29 is 23.8 Å². The molecule has 2 aromatic carbocycles. The van der Waals surface area contributed by atoms with E-state index in [2.05, 4.69) is 11.8 Å². The Balaban J connectivity index is 1.50. The number of ketones is 1. The molecule has 1 aliphatic rings.